The zero-order valence-electron chi connectivity index (χ0n) is 16.0. The summed E-state index contributed by atoms with van der Waals surface area (Å²) in [6, 6.07) is 10.2. The molecule has 29 heavy (non-hydrogen) atoms. The summed E-state index contributed by atoms with van der Waals surface area (Å²) < 4.78 is 16.1. The molecule has 1 amide bonds. The van der Waals surface area contributed by atoms with Crippen molar-refractivity contribution in [2.24, 2.45) is 0 Å². The molecular weight excluding hydrogens is 396 g/mol. The standard InChI is InChI=1S/C21H19ClN2O5/c1-12-9-15(10-18(25)27-12)28-14-7-8-24(11-14)21(26)19-13(2)29-23-20(19)16-5-3-4-6-17(16)22/h3-6,9-10,14H,7-8,11H2,1-2H3. The number of amides is 1. The minimum Gasteiger partial charge on any atom is -0.488 e. The topological polar surface area (TPSA) is 85.8 Å². The van der Waals surface area contributed by atoms with Crippen molar-refractivity contribution in [2.45, 2.75) is 26.4 Å². The third-order valence-electron chi connectivity index (χ3n) is 4.81. The lowest BCUT2D eigenvalue weighted by Gasteiger charge is -2.17. The fourth-order valence-corrected chi connectivity index (χ4v) is 3.69. The van der Waals surface area contributed by atoms with E-state index in [0.717, 1.165) is 0 Å². The zero-order chi connectivity index (χ0) is 20.5. The molecule has 1 atom stereocenters. The van der Waals surface area contributed by atoms with Crippen molar-refractivity contribution < 1.29 is 18.5 Å². The number of hydrogen-bond acceptors (Lipinski definition) is 6. The molecule has 1 saturated heterocycles. The van der Waals surface area contributed by atoms with Gasteiger partial charge in [-0.05, 0) is 19.9 Å². The lowest BCUT2D eigenvalue weighted by atomic mass is 10.1. The summed E-state index contributed by atoms with van der Waals surface area (Å²) in [5.41, 5.74) is 1.01. The Morgan fingerprint density at radius 2 is 2.07 bits per heavy atom. The molecule has 7 nitrogen and oxygen atoms in total. The summed E-state index contributed by atoms with van der Waals surface area (Å²) in [5, 5.41) is 4.56. The van der Waals surface area contributed by atoms with E-state index in [9.17, 15) is 9.59 Å². The Hall–Kier alpha value is -3.06. The van der Waals surface area contributed by atoms with E-state index in [2.05, 4.69) is 5.16 Å². The lowest BCUT2D eigenvalue weighted by Crippen LogP contribution is -2.31. The van der Waals surface area contributed by atoms with Gasteiger partial charge in [0.1, 0.15) is 34.6 Å². The number of aromatic nitrogens is 1. The summed E-state index contributed by atoms with van der Waals surface area (Å²) in [6.45, 7) is 4.31. The van der Waals surface area contributed by atoms with Crippen molar-refractivity contribution in [1.29, 1.82) is 0 Å². The number of nitrogens with zero attached hydrogens (tertiary/aromatic N) is 2. The summed E-state index contributed by atoms with van der Waals surface area (Å²) in [6.07, 6.45) is 0.431. The third-order valence-corrected chi connectivity index (χ3v) is 5.14. The van der Waals surface area contributed by atoms with Crippen molar-refractivity contribution in [3.05, 3.63) is 68.9 Å². The van der Waals surface area contributed by atoms with Crippen LogP contribution in [-0.2, 0) is 0 Å². The molecule has 0 N–H and O–H groups in total. The largest absolute Gasteiger partial charge is 0.488 e. The van der Waals surface area contributed by atoms with Crippen LogP contribution in [0.4, 0.5) is 0 Å². The first-order chi connectivity index (χ1) is 13.9. The monoisotopic (exact) mass is 414 g/mol. The smallest absolute Gasteiger partial charge is 0.339 e. The van der Waals surface area contributed by atoms with Crippen LogP contribution in [0.25, 0.3) is 11.3 Å². The predicted molar refractivity (Wildman–Crippen MR) is 106 cm³/mol. The van der Waals surface area contributed by atoms with Gasteiger partial charge in [0.2, 0.25) is 0 Å². The highest BCUT2D eigenvalue weighted by atomic mass is 35.5. The van der Waals surface area contributed by atoms with E-state index in [4.69, 9.17) is 25.3 Å². The number of halogens is 1. The van der Waals surface area contributed by atoms with Crippen LogP contribution >= 0.6 is 11.6 Å². The predicted octanol–water partition coefficient (Wildman–Crippen LogP) is 3.86. The second-order valence-corrected chi connectivity index (χ2v) is 7.35. The Bertz CT molecular complexity index is 1120. The normalized spacial score (nSPS) is 16.2. The summed E-state index contributed by atoms with van der Waals surface area (Å²) in [5.74, 6) is 1.16. The molecule has 4 rings (SSSR count). The van der Waals surface area contributed by atoms with Crippen LogP contribution in [0.5, 0.6) is 5.75 Å². The summed E-state index contributed by atoms with van der Waals surface area (Å²) in [4.78, 5) is 26.4. The second kappa shape index (κ2) is 7.75. The maximum absolute atomic E-state index is 13.2. The molecule has 0 bridgehead atoms. The van der Waals surface area contributed by atoms with Crippen LogP contribution in [0.1, 0.15) is 28.3 Å². The minimum absolute atomic E-state index is 0.187. The lowest BCUT2D eigenvalue weighted by molar-refractivity contribution is 0.0771. The van der Waals surface area contributed by atoms with Gasteiger partial charge in [-0.25, -0.2) is 4.79 Å². The SMILES string of the molecule is Cc1cc(OC2CCN(C(=O)c3c(-c4ccccc4Cl)noc3C)C2)cc(=O)o1. The number of carbonyl (C=O) groups is 1. The first kappa shape index (κ1) is 19.3. The van der Waals surface area contributed by atoms with Gasteiger partial charge in [-0.3, -0.25) is 4.79 Å². The number of likely N-dealkylation sites (tertiary alicyclic amines) is 1. The molecule has 0 radical (unpaired) electrons. The van der Waals surface area contributed by atoms with E-state index < -0.39 is 5.63 Å². The van der Waals surface area contributed by atoms with Crippen LogP contribution in [0.2, 0.25) is 5.02 Å². The van der Waals surface area contributed by atoms with Gasteiger partial charge >= 0.3 is 5.63 Å². The molecule has 3 aromatic rings. The Kier molecular flexibility index (Phi) is 5.15. The van der Waals surface area contributed by atoms with Gasteiger partial charge in [0.25, 0.3) is 5.91 Å². The van der Waals surface area contributed by atoms with Crippen molar-refractivity contribution in [2.75, 3.05) is 13.1 Å². The van der Waals surface area contributed by atoms with Crippen LogP contribution in [0.3, 0.4) is 0 Å². The molecule has 2 aromatic heterocycles. The summed E-state index contributed by atoms with van der Waals surface area (Å²) >= 11 is 6.28. The number of aryl methyl sites for hydroxylation is 2. The Morgan fingerprint density at radius 3 is 2.83 bits per heavy atom. The fourth-order valence-electron chi connectivity index (χ4n) is 3.46. The van der Waals surface area contributed by atoms with Gasteiger partial charge < -0.3 is 18.6 Å². The molecular formula is C21H19ClN2O5. The number of carbonyl (C=O) groups excluding carboxylic acids is 1. The van der Waals surface area contributed by atoms with E-state index in [1.807, 2.05) is 12.1 Å². The fraction of sp³-hybridized carbons (Fsp3) is 0.286. The molecule has 1 unspecified atom stereocenters. The molecule has 1 fully saturated rings. The highest BCUT2D eigenvalue weighted by Crippen LogP contribution is 2.32. The molecule has 0 spiro atoms. The van der Waals surface area contributed by atoms with Gasteiger partial charge in [0.15, 0.2) is 0 Å². The maximum atomic E-state index is 13.2. The molecule has 0 aliphatic carbocycles. The Balaban J connectivity index is 1.54. The minimum atomic E-state index is -0.463. The van der Waals surface area contributed by atoms with E-state index in [1.54, 1.807) is 36.9 Å². The van der Waals surface area contributed by atoms with Crippen molar-refractivity contribution in [3.8, 4) is 17.0 Å². The molecule has 1 aliphatic heterocycles. The van der Waals surface area contributed by atoms with Gasteiger partial charge in [0, 0.05) is 24.6 Å². The highest BCUT2D eigenvalue weighted by molar-refractivity contribution is 6.33. The Labute approximate surface area is 171 Å². The van der Waals surface area contributed by atoms with E-state index >= 15 is 0 Å². The van der Waals surface area contributed by atoms with Crippen LogP contribution in [0, 0.1) is 13.8 Å². The third kappa shape index (κ3) is 3.91. The van der Waals surface area contributed by atoms with Gasteiger partial charge in [-0.15, -0.1) is 0 Å². The maximum Gasteiger partial charge on any atom is 0.339 e. The number of benzene rings is 1. The quantitative estimate of drug-likeness (QED) is 0.644. The molecule has 8 heteroatoms. The Morgan fingerprint density at radius 1 is 1.28 bits per heavy atom. The zero-order valence-corrected chi connectivity index (χ0v) is 16.7. The molecule has 1 aromatic carbocycles. The van der Waals surface area contributed by atoms with Crippen LogP contribution in [0.15, 0.2) is 50.1 Å². The first-order valence-corrected chi connectivity index (χ1v) is 9.59. The van der Waals surface area contributed by atoms with Gasteiger partial charge in [-0.1, -0.05) is 35.0 Å². The molecule has 0 saturated carbocycles. The van der Waals surface area contributed by atoms with Crippen molar-refractivity contribution >= 4 is 17.5 Å². The van der Waals surface area contributed by atoms with Crippen LogP contribution in [-0.4, -0.2) is 35.2 Å². The highest BCUT2D eigenvalue weighted by Gasteiger charge is 2.33. The van der Waals surface area contributed by atoms with E-state index in [-0.39, 0.29) is 12.0 Å². The number of ether oxygens (including phenoxy) is 1. The van der Waals surface area contributed by atoms with Crippen LogP contribution < -0.4 is 10.4 Å². The van der Waals surface area contributed by atoms with Gasteiger partial charge in [0.05, 0.1) is 17.6 Å². The van der Waals surface area contributed by atoms with E-state index in [1.165, 1.54) is 6.07 Å². The average Bonchev–Trinajstić information content (AvgIpc) is 3.27. The average molecular weight is 415 g/mol. The van der Waals surface area contributed by atoms with Crippen molar-refractivity contribution in [1.82, 2.24) is 10.1 Å². The molecule has 3 heterocycles. The molecule has 150 valence electrons. The number of hydrogen-bond donors (Lipinski definition) is 0. The van der Waals surface area contributed by atoms with Crippen molar-refractivity contribution in [3.63, 3.8) is 0 Å². The summed E-state index contributed by atoms with van der Waals surface area (Å²) in [7, 11) is 0. The second-order valence-electron chi connectivity index (χ2n) is 6.94. The van der Waals surface area contributed by atoms with Gasteiger partial charge in [-0.2, -0.15) is 0 Å². The first-order valence-electron chi connectivity index (χ1n) is 9.21. The molecule has 1 aliphatic rings. The van der Waals surface area contributed by atoms with E-state index in [0.29, 0.717) is 58.6 Å². The number of rotatable bonds is 4.